The van der Waals surface area contributed by atoms with Crippen molar-refractivity contribution in [2.45, 2.75) is 18.4 Å². The quantitative estimate of drug-likeness (QED) is 0.796. The largest absolute Gasteiger partial charge is 0.386 e. The van der Waals surface area contributed by atoms with Crippen LogP contribution in [0.4, 0.5) is 5.69 Å². The van der Waals surface area contributed by atoms with E-state index in [4.69, 9.17) is 5.26 Å². The molecule has 0 amide bonds. The molecule has 16 heavy (non-hydrogen) atoms. The molecule has 0 unspecified atom stereocenters. The average Bonchev–Trinajstić information content (AvgIpc) is 3.09. The van der Waals surface area contributed by atoms with Gasteiger partial charge in [0.2, 0.25) is 0 Å². The minimum Gasteiger partial charge on any atom is -0.386 e. The Morgan fingerprint density at radius 2 is 2.25 bits per heavy atom. The molecule has 0 spiro atoms. The first-order valence-corrected chi connectivity index (χ1v) is 5.55. The van der Waals surface area contributed by atoms with Gasteiger partial charge in [0.15, 0.2) is 5.69 Å². The minimum absolute atomic E-state index is 0.445. The number of nitrogens with zero attached hydrogens (tertiary/aromatic N) is 3. The van der Waals surface area contributed by atoms with Crippen molar-refractivity contribution in [1.29, 1.82) is 5.26 Å². The summed E-state index contributed by atoms with van der Waals surface area (Å²) in [6.07, 6.45) is 3.90. The van der Waals surface area contributed by atoms with Crippen molar-refractivity contribution in [2.24, 2.45) is 5.92 Å². The van der Waals surface area contributed by atoms with Crippen LogP contribution < -0.4 is 4.90 Å². The van der Waals surface area contributed by atoms with Gasteiger partial charge in [0.1, 0.15) is 11.7 Å². The second-order valence-electron chi connectivity index (χ2n) is 4.72. The number of β-amino-alcohol motifs (C(OH)–C–C–N with tert-alkyl or cyclic N) is 1. The van der Waals surface area contributed by atoms with E-state index in [2.05, 4.69) is 11.1 Å². The molecule has 1 N–H and O–H groups in total. The van der Waals surface area contributed by atoms with Crippen LogP contribution in [0.25, 0.3) is 0 Å². The van der Waals surface area contributed by atoms with Gasteiger partial charge in [-0.25, -0.2) is 4.98 Å². The van der Waals surface area contributed by atoms with Crippen molar-refractivity contribution in [1.82, 2.24) is 4.98 Å². The van der Waals surface area contributed by atoms with Crippen LogP contribution in [-0.2, 0) is 0 Å². The first-order chi connectivity index (χ1) is 7.73. The maximum absolute atomic E-state index is 10.2. The zero-order chi connectivity index (χ0) is 11.2. The molecule has 4 heteroatoms. The van der Waals surface area contributed by atoms with Crippen molar-refractivity contribution in [3.63, 3.8) is 0 Å². The van der Waals surface area contributed by atoms with Crippen LogP contribution in [0.2, 0.25) is 0 Å². The smallest absolute Gasteiger partial charge is 0.163 e. The molecule has 1 aromatic heterocycles. The Morgan fingerprint density at radius 3 is 2.88 bits per heavy atom. The van der Waals surface area contributed by atoms with E-state index in [0.29, 0.717) is 24.7 Å². The highest BCUT2D eigenvalue weighted by Gasteiger charge is 2.52. The lowest BCUT2D eigenvalue weighted by atomic mass is 9.88. The van der Waals surface area contributed by atoms with E-state index in [1.54, 1.807) is 6.20 Å². The molecule has 2 fully saturated rings. The fourth-order valence-electron chi connectivity index (χ4n) is 2.40. The summed E-state index contributed by atoms with van der Waals surface area (Å²) in [5.74, 6) is 0.478. The molecule has 1 saturated carbocycles. The van der Waals surface area contributed by atoms with Crippen LogP contribution in [0.3, 0.4) is 0 Å². The first-order valence-electron chi connectivity index (χ1n) is 5.55. The number of hydrogen-bond acceptors (Lipinski definition) is 4. The van der Waals surface area contributed by atoms with Crippen molar-refractivity contribution in [2.75, 3.05) is 18.0 Å². The van der Waals surface area contributed by atoms with Crippen LogP contribution in [0, 0.1) is 17.2 Å². The Kier molecular flexibility index (Phi) is 1.92. The molecule has 82 valence electrons. The van der Waals surface area contributed by atoms with E-state index in [1.807, 2.05) is 17.0 Å². The molecular formula is C12H13N3O. The fraction of sp³-hybridized carbons (Fsp3) is 0.500. The topological polar surface area (TPSA) is 60.2 Å². The molecule has 0 bridgehead atoms. The first kappa shape index (κ1) is 9.61. The molecule has 0 radical (unpaired) electrons. The second-order valence-corrected chi connectivity index (χ2v) is 4.72. The van der Waals surface area contributed by atoms with E-state index < -0.39 is 5.60 Å². The third kappa shape index (κ3) is 1.36. The lowest BCUT2D eigenvalue weighted by Crippen LogP contribution is -2.63. The van der Waals surface area contributed by atoms with Gasteiger partial charge in [0.25, 0.3) is 0 Å². The van der Waals surface area contributed by atoms with Gasteiger partial charge in [-0.3, -0.25) is 0 Å². The summed E-state index contributed by atoms with van der Waals surface area (Å²) in [4.78, 5) is 6.06. The standard InChI is InChI=1S/C12H13N3O/c13-6-10-11(2-1-5-14-10)15-7-12(16,8-15)9-3-4-9/h1-2,5,9,16H,3-4,7-8H2. The van der Waals surface area contributed by atoms with Gasteiger partial charge >= 0.3 is 0 Å². The number of rotatable bonds is 2. The van der Waals surface area contributed by atoms with Crippen LogP contribution in [-0.4, -0.2) is 28.8 Å². The second kappa shape index (κ2) is 3.19. The highest BCUT2D eigenvalue weighted by molar-refractivity contribution is 5.58. The van der Waals surface area contributed by atoms with Gasteiger partial charge in [-0.15, -0.1) is 0 Å². The van der Waals surface area contributed by atoms with E-state index in [9.17, 15) is 5.11 Å². The minimum atomic E-state index is -0.511. The highest BCUT2D eigenvalue weighted by atomic mass is 16.3. The number of anilines is 1. The summed E-state index contributed by atoms with van der Waals surface area (Å²) >= 11 is 0. The predicted octanol–water partition coefficient (Wildman–Crippen LogP) is 0.914. The van der Waals surface area contributed by atoms with E-state index in [-0.39, 0.29) is 0 Å². The zero-order valence-corrected chi connectivity index (χ0v) is 8.93. The van der Waals surface area contributed by atoms with Crippen molar-refractivity contribution in [3.8, 4) is 6.07 Å². The lowest BCUT2D eigenvalue weighted by Gasteiger charge is -2.48. The third-order valence-corrected chi connectivity index (χ3v) is 3.50. The number of aromatic nitrogens is 1. The van der Waals surface area contributed by atoms with Crippen LogP contribution in [0.15, 0.2) is 18.3 Å². The molecule has 1 aliphatic carbocycles. The Labute approximate surface area is 94.1 Å². The highest BCUT2D eigenvalue weighted by Crippen LogP contribution is 2.45. The molecule has 0 aromatic carbocycles. The maximum atomic E-state index is 10.2. The summed E-state index contributed by atoms with van der Waals surface area (Å²) in [6.45, 7) is 1.27. The average molecular weight is 215 g/mol. The van der Waals surface area contributed by atoms with Gasteiger partial charge in [-0.1, -0.05) is 0 Å². The van der Waals surface area contributed by atoms with Crippen LogP contribution in [0.1, 0.15) is 18.5 Å². The van der Waals surface area contributed by atoms with Gasteiger partial charge < -0.3 is 10.0 Å². The van der Waals surface area contributed by atoms with Crippen molar-refractivity contribution in [3.05, 3.63) is 24.0 Å². The third-order valence-electron chi connectivity index (χ3n) is 3.50. The summed E-state index contributed by atoms with van der Waals surface area (Å²) < 4.78 is 0. The molecule has 3 rings (SSSR count). The van der Waals surface area contributed by atoms with E-state index in [1.165, 1.54) is 0 Å². The number of hydrogen-bond donors (Lipinski definition) is 1. The summed E-state index contributed by atoms with van der Waals surface area (Å²) in [5, 5.41) is 19.1. The molecule has 1 saturated heterocycles. The predicted molar refractivity (Wildman–Crippen MR) is 58.8 cm³/mol. The SMILES string of the molecule is N#Cc1ncccc1N1CC(O)(C2CC2)C1. The van der Waals surface area contributed by atoms with E-state index in [0.717, 1.165) is 18.5 Å². The summed E-state index contributed by atoms with van der Waals surface area (Å²) in [6, 6.07) is 5.79. The molecule has 0 atom stereocenters. The van der Waals surface area contributed by atoms with Gasteiger partial charge in [0, 0.05) is 19.3 Å². The number of aliphatic hydroxyl groups is 1. The monoisotopic (exact) mass is 215 g/mol. The number of nitriles is 1. The normalized spacial score (nSPS) is 22.4. The summed E-state index contributed by atoms with van der Waals surface area (Å²) in [5.41, 5.74) is 0.776. The zero-order valence-electron chi connectivity index (χ0n) is 8.93. The Balaban J connectivity index is 1.78. The molecular weight excluding hydrogens is 202 g/mol. The van der Waals surface area contributed by atoms with Crippen LogP contribution >= 0.6 is 0 Å². The fourth-order valence-corrected chi connectivity index (χ4v) is 2.40. The maximum Gasteiger partial charge on any atom is 0.163 e. The molecule has 2 aliphatic rings. The Hall–Kier alpha value is -1.60. The molecule has 2 heterocycles. The molecule has 1 aromatic rings. The van der Waals surface area contributed by atoms with Crippen molar-refractivity contribution < 1.29 is 5.11 Å². The van der Waals surface area contributed by atoms with E-state index >= 15 is 0 Å². The summed E-state index contributed by atoms with van der Waals surface area (Å²) in [7, 11) is 0. The van der Waals surface area contributed by atoms with Gasteiger partial charge in [-0.2, -0.15) is 5.26 Å². The lowest BCUT2D eigenvalue weighted by molar-refractivity contribution is -0.00935. The Morgan fingerprint density at radius 1 is 1.50 bits per heavy atom. The molecule has 1 aliphatic heterocycles. The Bertz CT molecular complexity index is 456. The van der Waals surface area contributed by atoms with Crippen LogP contribution in [0.5, 0.6) is 0 Å². The number of pyridine rings is 1. The van der Waals surface area contributed by atoms with Gasteiger partial charge in [0.05, 0.1) is 5.69 Å². The van der Waals surface area contributed by atoms with Gasteiger partial charge in [-0.05, 0) is 30.9 Å². The van der Waals surface area contributed by atoms with Crippen molar-refractivity contribution >= 4 is 5.69 Å². The molecule has 4 nitrogen and oxygen atoms in total.